The van der Waals surface area contributed by atoms with E-state index in [0.717, 1.165) is 40.6 Å². The third-order valence-electron chi connectivity index (χ3n) is 3.59. The van der Waals surface area contributed by atoms with Crippen molar-refractivity contribution in [3.05, 3.63) is 54.4 Å². The Bertz CT molecular complexity index is 897. The fraction of sp³-hybridized carbons (Fsp3) is 0.188. The molecule has 5 nitrogen and oxygen atoms in total. The number of H-pyrrole nitrogens is 1. The molecule has 110 valence electrons. The summed E-state index contributed by atoms with van der Waals surface area (Å²) in [6.07, 6.45) is 5.86. The first-order valence-electron chi connectivity index (χ1n) is 7.25. The van der Waals surface area contributed by atoms with Crippen LogP contribution in [0.1, 0.15) is 12.0 Å². The Morgan fingerprint density at radius 2 is 1.95 bits per heavy atom. The van der Waals surface area contributed by atoms with Crippen molar-refractivity contribution in [2.45, 2.75) is 18.0 Å². The number of benzene rings is 1. The van der Waals surface area contributed by atoms with Gasteiger partial charge in [-0.05, 0) is 42.7 Å². The van der Waals surface area contributed by atoms with Crippen LogP contribution in [0.4, 0.5) is 0 Å². The van der Waals surface area contributed by atoms with Crippen LogP contribution in [0.2, 0.25) is 0 Å². The summed E-state index contributed by atoms with van der Waals surface area (Å²) >= 11 is 1.76. The van der Waals surface area contributed by atoms with Crippen molar-refractivity contribution in [3.8, 4) is 0 Å². The van der Waals surface area contributed by atoms with E-state index in [4.69, 9.17) is 0 Å². The highest BCUT2D eigenvalue weighted by atomic mass is 32.2. The molecule has 0 radical (unpaired) electrons. The van der Waals surface area contributed by atoms with E-state index in [-0.39, 0.29) is 0 Å². The lowest BCUT2D eigenvalue weighted by molar-refractivity contribution is 0.908. The summed E-state index contributed by atoms with van der Waals surface area (Å²) in [6, 6.07) is 12.3. The number of pyridine rings is 1. The molecule has 3 aromatic heterocycles. The number of aryl methyl sites for hydroxylation is 1. The Kier molecular flexibility index (Phi) is 3.52. The molecule has 0 fully saturated rings. The first kappa shape index (κ1) is 13.3. The second-order valence-electron chi connectivity index (χ2n) is 5.07. The molecule has 0 aliphatic heterocycles. The molecule has 0 saturated carbocycles. The van der Waals surface area contributed by atoms with Crippen molar-refractivity contribution < 1.29 is 0 Å². The maximum atomic E-state index is 4.54. The van der Waals surface area contributed by atoms with E-state index in [1.54, 1.807) is 11.8 Å². The average Bonchev–Trinajstić information content (AvgIpc) is 3.12. The standard InChI is InChI=1S/C16H15N5S/c1-2-6-14-13(5-1)18-15-19-20-16(21(14)15)22-11-3-4-12-7-9-17-10-8-12/h1-2,5-10H,3-4,11H2,(H,18,19). The number of fused-ring (bicyclic) bond motifs is 3. The summed E-state index contributed by atoms with van der Waals surface area (Å²) in [7, 11) is 0. The van der Waals surface area contributed by atoms with E-state index < -0.39 is 0 Å². The van der Waals surface area contributed by atoms with Gasteiger partial charge in [0, 0.05) is 18.1 Å². The van der Waals surface area contributed by atoms with Gasteiger partial charge in [-0.1, -0.05) is 23.9 Å². The Labute approximate surface area is 131 Å². The van der Waals surface area contributed by atoms with Crippen LogP contribution in [-0.2, 0) is 6.42 Å². The number of nitrogens with zero attached hydrogens (tertiary/aromatic N) is 4. The fourth-order valence-electron chi connectivity index (χ4n) is 2.53. The van der Waals surface area contributed by atoms with E-state index >= 15 is 0 Å². The third kappa shape index (κ3) is 2.46. The van der Waals surface area contributed by atoms with Gasteiger partial charge in [-0.3, -0.25) is 9.38 Å². The van der Waals surface area contributed by atoms with Crippen molar-refractivity contribution in [2.24, 2.45) is 0 Å². The van der Waals surface area contributed by atoms with Gasteiger partial charge >= 0.3 is 0 Å². The molecule has 0 amide bonds. The van der Waals surface area contributed by atoms with Crippen LogP contribution in [0.25, 0.3) is 16.8 Å². The molecule has 4 rings (SSSR count). The number of thioether (sulfide) groups is 1. The lowest BCUT2D eigenvalue weighted by Crippen LogP contribution is -1.90. The minimum atomic E-state index is 0.804. The van der Waals surface area contributed by atoms with E-state index in [1.807, 2.05) is 30.6 Å². The maximum Gasteiger partial charge on any atom is 0.231 e. The van der Waals surface area contributed by atoms with Crippen molar-refractivity contribution in [1.82, 2.24) is 24.6 Å². The predicted octanol–water partition coefficient (Wildman–Crippen LogP) is 3.33. The van der Waals surface area contributed by atoms with Crippen molar-refractivity contribution >= 4 is 28.6 Å². The quantitative estimate of drug-likeness (QED) is 0.454. The zero-order chi connectivity index (χ0) is 14.8. The molecule has 6 heteroatoms. The third-order valence-corrected chi connectivity index (χ3v) is 4.62. The van der Waals surface area contributed by atoms with Gasteiger partial charge in [0.2, 0.25) is 5.78 Å². The van der Waals surface area contributed by atoms with E-state index in [1.165, 1.54) is 5.56 Å². The zero-order valence-electron chi connectivity index (χ0n) is 11.9. The number of nitrogens with one attached hydrogen (secondary N) is 1. The average molecular weight is 309 g/mol. The SMILES string of the molecule is c1ccc2c(c1)nc1[nH]nc(SCCCc3ccncc3)n12. The van der Waals surface area contributed by atoms with E-state index in [9.17, 15) is 0 Å². The van der Waals surface area contributed by atoms with Gasteiger partial charge < -0.3 is 0 Å². The Morgan fingerprint density at radius 3 is 2.86 bits per heavy atom. The molecule has 0 saturated heterocycles. The maximum absolute atomic E-state index is 4.54. The second-order valence-corrected chi connectivity index (χ2v) is 6.14. The predicted molar refractivity (Wildman–Crippen MR) is 88.1 cm³/mol. The Hall–Kier alpha value is -2.34. The van der Waals surface area contributed by atoms with Crippen LogP contribution in [0, 0.1) is 0 Å². The summed E-state index contributed by atoms with van der Waals surface area (Å²) in [4.78, 5) is 8.58. The topological polar surface area (TPSA) is 58.9 Å². The first-order chi connectivity index (χ1) is 10.9. The van der Waals surface area contributed by atoms with Gasteiger partial charge in [-0.2, -0.15) is 0 Å². The van der Waals surface area contributed by atoms with E-state index in [2.05, 4.69) is 42.8 Å². The van der Waals surface area contributed by atoms with Crippen LogP contribution >= 0.6 is 11.8 Å². The minimum absolute atomic E-state index is 0.804. The lowest BCUT2D eigenvalue weighted by atomic mass is 10.2. The number of imidazole rings is 1. The molecule has 0 aliphatic rings. The summed E-state index contributed by atoms with van der Waals surface area (Å²) in [5, 5.41) is 8.36. The largest absolute Gasteiger partial charge is 0.265 e. The molecule has 0 bridgehead atoms. The van der Waals surface area contributed by atoms with Gasteiger partial charge in [-0.25, -0.2) is 10.1 Å². The molecule has 0 unspecified atom stereocenters. The summed E-state index contributed by atoms with van der Waals surface area (Å²) < 4.78 is 2.09. The number of para-hydroxylation sites is 2. The molecule has 0 aliphatic carbocycles. The molecule has 3 heterocycles. The van der Waals surface area contributed by atoms with Crippen LogP contribution in [0.3, 0.4) is 0 Å². The number of hydrogen-bond acceptors (Lipinski definition) is 4. The van der Waals surface area contributed by atoms with Crippen LogP contribution < -0.4 is 0 Å². The van der Waals surface area contributed by atoms with Crippen molar-refractivity contribution in [2.75, 3.05) is 5.75 Å². The van der Waals surface area contributed by atoms with Crippen molar-refractivity contribution in [3.63, 3.8) is 0 Å². The molecule has 0 atom stereocenters. The summed E-state index contributed by atoms with van der Waals surface area (Å²) in [6.45, 7) is 0. The molecule has 4 aromatic rings. The van der Waals surface area contributed by atoms with Crippen LogP contribution in [-0.4, -0.2) is 30.3 Å². The summed E-state index contributed by atoms with van der Waals surface area (Å²) in [5.74, 6) is 1.83. The Morgan fingerprint density at radius 1 is 1.09 bits per heavy atom. The monoisotopic (exact) mass is 309 g/mol. The smallest absolute Gasteiger partial charge is 0.231 e. The van der Waals surface area contributed by atoms with E-state index in [0.29, 0.717) is 0 Å². The lowest BCUT2D eigenvalue weighted by Gasteiger charge is -2.01. The van der Waals surface area contributed by atoms with Gasteiger partial charge in [0.15, 0.2) is 5.16 Å². The summed E-state index contributed by atoms with van der Waals surface area (Å²) in [5.41, 5.74) is 3.42. The second kappa shape index (κ2) is 5.81. The normalized spacial score (nSPS) is 11.5. The highest BCUT2D eigenvalue weighted by Gasteiger charge is 2.11. The molecule has 22 heavy (non-hydrogen) atoms. The van der Waals surface area contributed by atoms with Gasteiger partial charge in [0.05, 0.1) is 11.0 Å². The number of aromatic nitrogens is 5. The number of hydrogen-bond donors (Lipinski definition) is 1. The fourth-order valence-corrected chi connectivity index (χ4v) is 3.42. The first-order valence-corrected chi connectivity index (χ1v) is 8.23. The molecular formula is C16H15N5S. The van der Waals surface area contributed by atoms with Crippen molar-refractivity contribution in [1.29, 1.82) is 0 Å². The Balaban J connectivity index is 1.48. The molecule has 1 aromatic carbocycles. The molecule has 0 spiro atoms. The molecule has 1 N–H and O–H groups in total. The highest BCUT2D eigenvalue weighted by Crippen LogP contribution is 2.23. The minimum Gasteiger partial charge on any atom is -0.265 e. The zero-order valence-corrected chi connectivity index (χ0v) is 12.8. The van der Waals surface area contributed by atoms with Crippen LogP contribution in [0.15, 0.2) is 53.9 Å². The van der Waals surface area contributed by atoms with Gasteiger partial charge in [0.1, 0.15) is 0 Å². The number of rotatable bonds is 5. The van der Waals surface area contributed by atoms with Gasteiger partial charge in [0.25, 0.3) is 0 Å². The van der Waals surface area contributed by atoms with Gasteiger partial charge in [-0.15, -0.1) is 5.10 Å². The highest BCUT2D eigenvalue weighted by molar-refractivity contribution is 7.99. The number of aromatic amines is 1. The molecular weight excluding hydrogens is 294 g/mol. The van der Waals surface area contributed by atoms with Crippen LogP contribution in [0.5, 0.6) is 0 Å².